The zero-order chi connectivity index (χ0) is 17.9. The van der Waals surface area contributed by atoms with Crippen molar-refractivity contribution in [2.45, 2.75) is 13.5 Å². The summed E-state index contributed by atoms with van der Waals surface area (Å²) < 4.78 is 5.52. The molecule has 0 N–H and O–H groups in total. The number of hydrogen-bond donors (Lipinski definition) is 0. The summed E-state index contributed by atoms with van der Waals surface area (Å²) in [7, 11) is 1.74. The van der Waals surface area contributed by atoms with E-state index in [0.717, 1.165) is 38.5 Å². The van der Waals surface area contributed by atoms with Gasteiger partial charge in [-0.25, -0.2) is 0 Å². The van der Waals surface area contributed by atoms with E-state index in [0.29, 0.717) is 0 Å². The van der Waals surface area contributed by atoms with Crippen LogP contribution in [-0.4, -0.2) is 38.2 Å². The molecular weight excluding hydrogens is 320 g/mol. The van der Waals surface area contributed by atoms with Crippen molar-refractivity contribution in [2.24, 2.45) is 0 Å². The molecule has 1 saturated heterocycles. The first-order valence-electron chi connectivity index (χ1n) is 9.33. The molecule has 0 unspecified atom stereocenters. The second kappa shape index (κ2) is 7.38. The van der Waals surface area contributed by atoms with Gasteiger partial charge in [0.2, 0.25) is 0 Å². The van der Waals surface area contributed by atoms with Crippen LogP contribution in [0.3, 0.4) is 0 Å². The van der Waals surface area contributed by atoms with E-state index in [1.165, 1.54) is 27.6 Å². The third kappa shape index (κ3) is 3.40. The van der Waals surface area contributed by atoms with Gasteiger partial charge in [-0.3, -0.25) is 4.90 Å². The molecule has 0 amide bonds. The minimum atomic E-state index is 0.952. The minimum absolute atomic E-state index is 0.952. The maximum Gasteiger partial charge on any atom is 0.126 e. The summed E-state index contributed by atoms with van der Waals surface area (Å²) in [6.07, 6.45) is 0. The van der Waals surface area contributed by atoms with Gasteiger partial charge in [-0.1, -0.05) is 48.0 Å². The van der Waals surface area contributed by atoms with Crippen LogP contribution >= 0.6 is 0 Å². The van der Waals surface area contributed by atoms with Crippen LogP contribution in [0.4, 0.5) is 5.69 Å². The van der Waals surface area contributed by atoms with E-state index in [1.54, 1.807) is 7.11 Å². The maximum atomic E-state index is 5.52. The normalized spacial score (nSPS) is 15.4. The van der Waals surface area contributed by atoms with Crippen molar-refractivity contribution in [1.82, 2.24) is 4.90 Å². The van der Waals surface area contributed by atoms with Crippen molar-refractivity contribution in [1.29, 1.82) is 0 Å². The minimum Gasteiger partial charge on any atom is -0.496 e. The van der Waals surface area contributed by atoms with Crippen molar-refractivity contribution >= 4 is 16.5 Å². The number of methoxy groups -OCH3 is 1. The third-order valence-corrected chi connectivity index (χ3v) is 5.36. The van der Waals surface area contributed by atoms with Gasteiger partial charge in [0.05, 0.1) is 7.11 Å². The first-order valence-corrected chi connectivity index (χ1v) is 9.33. The highest BCUT2D eigenvalue weighted by molar-refractivity contribution is 5.91. The highest BCUT2D eigenvalue weighted by Gasteiger charge is 2.18. The summed E-state index contributed by atoms with van der Waals surface area (Å²) in [6.45, 7) is 7.48. The van der Waals surface area contributed by atoms with Crippen LogP contribution in [0.1, 0.15) is 11.1 Å². The second-order valence-corrected chi connectivity index (χ2v) is 7.07. The standard InChI is InChI=1S/C23H26N2O/c1-18-7-10-20(11-8-18)25-15-13-24(14-16-25)17-19-9-12-23(26-2)22-6-4-3-5-21(19)22/h3-12H,13-17H2,1-2H3. The Bertz CT molecular complexity index is 880. The topological polar surface area (TPSA) is 15.7 Å². The summed E-state index contributed by atoms with van der Waals surface area (Å²) in [5.41, 5.74) is 4.04. The Labute approximate surface area is 155 Å². The van der Waals surface area contributed by atoms with Crippen molar-refractivity contribution in [2.75, 3.05) is 38.2 Å². The Morgan fingerprint density at radius 3 is 2.19 bits per heavy atom. The second-order valence-electron chi connectivity index (χ2n) is 7.07. The molecule has 0 aromatic heterocycles. The SMILES string of the molecule is COc1ccc(CN2CCN(c3ccc(C)cc3)CC2)c2ccccc12. The quantitative estimate of drug-likeness (QED) is 0.693. The number of benzene rings is 3. The monoisotopic (exact) mass is 346 g/mol. The van der Waals surface area contributed by atoms with Crippen LogP contribution in [-0.2, 0) is 6.54 Å². The third-order valence-electron chi connectivity index (χ3n) is 5.36. The van der Waals surface area contributed by atoms with Gasteiger partial charge in [-0.2, -0.15) is 0 Å². The van der Waals surface area contributed by atoms with Gasteiger partial charge in [-0.15, -0.1) is 0 Å². The Balaban J connectivity index is 1.46. The molecule has 1 aliphatic rings. The van der Waals surface area contributed by atoms with Crippen LogP contribution in [0.5, 0.6) is 5.75 Å². The summed E-state index contributed by atoms with van der Waals surface area (Å²) in [5.74, 6) is 0.952. The van der Waals surface area contributed by atoms with E-state index < -0.39 is 0 Å². The molecule has 0 aliphatic carbocycles. The molecule has 0 spiro atoms. The van der Waals surface area contributed by atoms with Crippen LogP contribution < -0.4 is 9.64 Å². The number of anilines is 1. The molecule has 3 aromatic rings. The maximum absolute atomic E-state index is 5.52. The van der Waals surface area contributed by atoms with E-state index >= 15 is 0 Å². The van der Waals surface area contributed by atoms with Gasteiger partial charge in [-0.05, 0) is 36.1 Å². The lowest BCUT2D eigenvalue weighted by Gasteiger charge is -2.36. The molecule has 3 nitrogen and oxygen atoms in total. The van der Waals surface area contributed by atoms with Crippen molar-refractivity contribution in [3.8, 4) is 5.75 Å². The molecule has 1 heterocycles. The van der Waals surface area contributed by atoms with Crippen LogP contribution in [0.2, 0.25) is 0 Å². The van der Waals surface area contributed by atoms with Crippen molar-refractivity contribution in [3.63, 3.8) is 0 Å². The van der Waals surface area contributed by atoms with E-state index in [4.69, 9.17) is 4.74 Å². The number of rotatable bonds is 4. The molecule has 1 aliphatic heterocycles. The fourth-order valence-corrected chi connectivity index (χ4v) is 3.81. The number of piperazine rings is 1. The lowest BCUT2D eigenvalue weighted by atomic mass is 10.0. The number of ether oxygens (including phenoxy) is 1. The highest BCUT2D eigenvalue weighted by atomic mass is 16.5. The molecule has 0 radical (unpaired) electrons. The molecule has 134 valence electrons. The molecule has 3 heteroatoms. The highest BCUT2D eigenvalue weighted by Crippen LogP contribution is 2.29. The summed E-state index contributed by atoms with van der Waals surface area (Å²) in [6, 6.07) is 21.7. The number of aryl methyl sites for hydroxylation is 1. The number of hydrogen-bond acceptors (Lipinski definition) is 3. The first kappa shape index (κ1) is 16.9. The average Bonchev–Trinajstić information content (AvgIpc) is 2.69. The fraction of sp³-hybridized carbons (Fsp3) is 0.304. The van der Waals surface area contributed by atoms with Gasteiger partial charge in [0.25, 0.3) is 0 Å². The van der Waals surface area contributed by atoms with Crippen LogP contribution in [0.15, 0.2) is 60.7 Å². The largest absolute Gasteiger partial charge is 0.496 e. The average molecular weight is 346 g/mol. The predicted molar refractivity (Wildman–Crippen MR) is 109 cm³/mol. The Hall–Kier alpha value is -2.52. The lowest BCUT2D eigenvalue weighted by molar-refractivity contribution is 0.250. The van der Waals surface area contributed by atoms with Gasteiger partial charge in [0.1, 0.15) is 5.75 Å². The molecule has 1 fully saturated rings. The zero-order valence-corrected chi connectivity index (χ0v) is 15.6. The Kier molecular flexibility index (Phi) is 4.81. The number of nitrogens with zero attached hydrogens (tertiary/aromatic N) is 2. The molecule has 0 saturated carbocycles. The molecule has 3 aromatic carbocycles. The Morgan fingerprint density at radius 2 is 1.50 bits per heavy atom. The van der Waals surface area contributed by atoms with Gasteiger partial charge < -0.3 is 9.64 Å². The Morgan fingerprint density at radius 1 is 0.808 bits per heavy atom. The smallest absolute Gasteiger partial charge is 0.126 e. The van der Waals surface area contributed by atoms with Crippen LogP contribution in [0, 0.1) is 6.92 Å². The molecule has 0 atom stereocenters. The van der Waals surface area contributed by atoms with Crippen molar-refractivity contribution < 1.29 is 4.74 Å². The van der Waals surface area contributed by atoms with Gasteiger partial charge >= 0.3 is 0 Å². The first-order chi connectivity index (χ1) is 12.7. The fourth-order valence-electron chi connectivity index (χ4n) is 3.81. The summed E-state index contributed by atoms with van der Waals surface area (Å²) >= 11 is 0. The molecule has 0 bridgehead atoms. The van der Waals surface area contributed by atoms with Gasteiger partial charge in [0.15, 0.2) is 0 Å². The van der Waals surface area contributed by atoms with E-state index in [1.807, 2.05) is 0 Å². The van der Waals surface area contributed by atoms with E-state index in [2.05, 4.69) is 77.4 Å². The lowest BCUT2D eigenvalue weighted by Crippen LogP contribution is -2.45. The zero-order valence-electron chi connectivity index (χ0n) is 15.6. The summed E-state index contributed by atoms with van der Waals surface area (Å²) in [4.78, 5) is 5.04. The summed E-state index contributed by atoms with van der Waals surface area (Å²) in [5, 5.41) is 2.50. The van der Waals surface area contributed by atoms with E-state index in [9.17, 15) is 0 Å². The van der Waals surface area contributed by atoms with Gasteiger partial charge in [0, 0.05) is 43.8 Å². The molecular formula is C23H26N2O. The molecule has 4 rings (SSSR count). The van der Waals surface area contributed by atoms with Crippen molar-refractivity contribution in [3.05, 3.63) is 71.8 Å². The van der Waals surface area contributed by atoms with Crippen LogP contribution in [0.25, 0.3) is 10.8 Å². The molecule has 26 heavy (non-hydrogen) atoms. The van der Waals surface area contributed by atoms with E-state index in [-0.39, 0.29) is 0 Å². The predicted octanol–water partition coefficient (Wildman–Crippen LogP) is 4.48. The number of fused-ring (bicyclic) bond motifs is 1.